The lowest BCUT2D eigenvalue weighted by Gasteiger charge is -2.23. The summed E-state index contributed by atoms with van der Waals surface area (Å²) in [6.45, 7) is 4.37. The normalized spacial score (nSPS) is 19.9. The van der Waals surface area contributed by atoms with Crippen LogP contribution >= 0.6 is 34.5 Å². The second kappa shape index (κ2) is 9.86. The molecular weight excluding hydrogens is 559 g/mol. The predicted octanol–water partition coefficient (Wildman–Crippen LogP) is 6.95. The second-order valence-corrected chi connectivity index (χ2v) is 11.2. The molecule has 1 aromatic heterocycles. The molecule has 2 aliphatic heterocycles. The number of nitrogens with zero attached hydrogens (tertiary/aromatic N) is 2. The zero-order chi connectivity index (χ0) is 27.4. The summed E-state index contributed by atoms with van der Waals surface area (Å²) in [7, 11) is 0. The number of thiazole rings is 1. The van der Waals surface area contributed by atoms with E-state index in [0.717, 1.165) is 16.0 Å². The van der Waals surface area contributed by atoms with Gasteiger partial charge in [0.1, 0.15) is 23.4 Å². The number of hydrogen-bond donors (Lipinski definition) is 1. The highest BCUT2D eigenvalue weighted by atomic mass is 35.5. The Labute approximate surface area is 238 Å². The van der Waals surface area contributed by atoms with Crippen LogP contribution in [0.15, 0.2) is 60.2 Å². The lowest BCUT2D eigenvalue weighted by Crippen LogP contribution is -2.29. The molecule has 0 bridgehead atoms. The molecule has 2 atom stereocenters. The highest BCUT2D eigenvalue weighted by molar-refractivity contribution is 7.22. The minimum absolute atomic E-state index is 0.0152. The Balaban J connectivity index is 1.52. The number of aliphatic hydroxyl groups excluding tert-OH is 1. The van der Waals surface area contributed by atoms with Crippen molar-refractivity contribution in [1.82, 2.24) is 4.98 Å². The van der Waals surface area contributed by atoms with Gasteiger partial charge in [0.25, 0.3) is 5.78 Å². The molecule has 1 N–H and O–H groups in total. The predicted molar refractivity (Wildman–Crippen MR) is 152 cm³/mol. The van der Waals surface area contributed by atoms with E-state index < -0.39 is 17.7 Å². The van der Waals surface area contributed by atoms with Gasteiger partial charge in [0.05, 0.1) is 38.5 Å². The molecule has 3 heterocycles. The molecule has 0 spiro atoms. The van der Waals surface area contributed by atoms with Gasteiger partial charge in [-0.05, 0) is 73.5 Å². The van der Waals surface area contributed by atoms with Crippen molar-refractivity contribution >= 4 is 67.3 Å². The van der Waals surface area contributed by atoms with Gasteiger partial charge in [-0.25, -0.2) is 4.98 Å². The summed E-state index contributed by atoms with van der Waals surface area (Å²) in [5.41, 5.74) is 2.45. The summed E-state index contributed by atoms with van der Waals surface area (Å²) in [6.07, 6.45) is 0.692. The summed E-state index contributed by atoms with van der Waals surface area (Å²) in [5.74, 6) is -0.480. The van der Waals surface area contributed by atoms with Gasteiger partial charge in [0.15, 0.2) is 5.13 Å². The van der Waals surface area contributed by atoms with Gasteiger partial charge in [0.2, 0.25) is 0 Å². The molecule has 3 aromatic carbocycles. The molecule has 0 aliphatic carbocycles. The molecule has 2 aliphatic rings. The fourth-order valence-electron chi connectivity index (χ4n) is 5.00. The smallest absolute Gasteiger partial charge is 0.301 e. The largest absolute Gasteiger partial charge is 0.507 e. The van der Waals surface area contributed by atoms with Gasteiger partial charge in [0, 0.05) is 12.0 Å². The van der Waals surface area contributed by atoms with Crippen molar-refractivity contribution in [2.24, 2.45) is 0 Å². The maximum Gasteiger partial charge on any atom is 0.301 e. The van der Waals surface area contributed by atoms with Crippen molar-refractivity contribution < 1.29 is 24.2 Å². The van der Waals surface area contributed by atoms with Crippen molar-refractivity contribution in [3.8, 4) is 11.5 Å². The van der Waals surface area contributed by atoms with E-state index in [1.807, 2.05) is 19.9 Å². The Hall–Kier alpha value is -3.59. The summed E-state index contributed by atoms with van der Waals surface area (Å²) < 4.78 is 12.2. The monoisotopic (exact) mass is 580 g/mol. The van der Waals surface area contributed by atoms with Crippen LogP contribution in [0.4, 0.5) is 5.13 Å². The molecule has 6 rings (SSSR count). The van der Waals surface area contributed by atoms with Gasteiger partial charge in [-0.1, -0.05) is 40.6 Å². The van der Waals surface area contributed by atoms with Crippen molar-refractivity contribution in [3.63, 3.8) is 0 Å². The number of carbonyl (C=O) groups excluding carboxylic acids is 2. The van der Waals surface area contributed by atoms with Crippen molar-refractivity contribution in [2.45, 2.75) is 32.4 Å². The number of aliphatic hydroxyl groups is 1. The standard InChI is InChI=1S/C29H22Cl2N2O5S/c1-3-37-18-6-8-21-23(13-18)39-29(32-21)33-25(15-4-7-19(30)20(31)12-15)24(27(35)28(33)36)26(34)16-5-9-22-17(11-16)10-14(2)38-22/h4-9,11-14,25,34H,3,10H2,1-2H3. The number of carbonyl (C=O) groups is 2. The zero-order valence-electron chi connectivity index (χ0n) is 20.9. The molecule has 4 aromatic rings. The number of amides is 1. The third kappa shape index (κ3) is 4.42. The van der Waals surface area contributed by atoms with Crippen LogP contribution in [0.3, 0.4) is 0 Å². The van der Waals surface area contributed by atoms with E-state index in [1.54, 1.807) is 48.5 Å². The van der Waals surface area contributed by atoms with Crippen molar-refractivity contribution in [1.29, 1.82) is 0 Å². The molecule has 39 heavy (non-hydrogen) atoms. The SMILES string of the molecule is CCOc1ccc2nc(N3C(=O)C(=O)C(=C(O)c4ccc5c(c4)CC(C)O5)C3c3ccc(Cl)c(Cl)c3)sc2c1. The van der Waals surface area contributed by atoms with Crippen molar-refractivity contribution in [2.75, 3.05) is 11.5 Å². The average Bonchev–Trinajstić information content (AvgIpc) is 3.57. The van der Waals surface area contributed by atoms with Crippen molar-refractivity contribution in [3.05, 3.63) is 86.9 Å². The number of rotatable bonds is 5. The first-order valence-electron chi connectivity index (χ1n) is 12.3. The van der Waals surface area contributed by atoms with Crippen LogP contribution in [0.25, 0.3) is 16.0 Å². The molecule has 10 heteroatoms. The highest BCUT2D eigenvalue weighted by Gasteiger charge is 2.48. The number of ketones is 1. The number of Topliss-reactive ketones (excluding diaryl/α,β-unsaturated/α-hetero) is 1. The Kier molecular flexibility index (Phi) is 6.49. The van der Waals surface area contributed by atoms with E-state index in [0.29, 0.717) is 45.6 Å². The van der Waals surface area contributed by atoms with Crippen LogP contribution in [-0.2, 0) is 16.0 Å². The summed E-state index contributed by atoms with van der Waals surface area (Å²) >= 11 is 13.8. The summed E-state index contributed by atoms with van der Waals surface area (Å²) in [4.78, 5) is 33.1. The third-order valence-electron chi connectivity index (χ3n) is 6.74. The third-order valence-corrected chi connectivity index (χ3v) is 8.50. The number of ether oxygens (including phenoxy) is 2. The van der Waals surface area contributed by atoms with Gasteiger partial charge in [-0.2, -0.15) is 0 Å². The first kappa shape index (κ1) is 25.7. The molecule has 7 nitrogen and oxygen atoms in total. The number of hydrogen-bond acceptors (Lipinski definition) is 7. The lowest BCUT2D eigenvalue weighted by molar-refractivity contribution is -0.132. The minimum Gasteiger partial charge on any atom is -0.507 e. The van der Waals surface area contributed by atoms with E-state index in [4.69, 9.17) is 32.7 Å². The first-order chi connectivity index (χ1) is 18.7. The molecule has 1 fully saturated rings. The van der Waals surface area contributed by atoms with Gasteiger partial charge < -0.3 is 14.6 Å². The molecule has 2 unspecified atom stereocenters. The van der Waals surface area contributed by atoms with Crippen LogP contribution in [0.5, 0.6) is 11.5 Å². The second-order valence-electron chi connectivity index (χ2n) is 9.36. The number of benzene rings is 3. The average molecular weight is 581 g/mol. The van der Waals surface area contributed by atoms with Crippen LogP contribution in [0, 0.1) is 0 Å². The first-order valence-corrected chi connectivity index (χ1v) is 13.9. The molecule has 0 saturated carbocycles. The summed E-state index contributed by atoms with van der Waals surface area (Å²) in [5, 5.41) is 12.4. The van der Waals surface area contributed by atoms with Crippen LogP contribution < -0.4 is 14.4 Å². The number of aromatic nitrogens is 1. The van der Waals surface area contributed by atoms with E-state index in [1.165, 1.54) is 16.2 Å². The molecule has 1 amide bonds. The minimum atomic E-state index is -0.977. The van der Waals surface area contributed by atoms with Gasteiger partial charge in [-0.15, -0.1) is 0 Å². The Morgan fingerprint density at radius 1 is 1.13 bits per heavy atom. The lowest BCUT2D eigenvalue weighted by atomic mass is 9.94. The van der Waals surface area contributed by atoms with E-state index in [-0.39, 0.29) is 22.5 Å². The number of halogens is 2. The van der Waals surface area contributed by atoms with E-state index in [9.17, 15) is 14.7 Å². The van der Waals surface area contributed by atoms with Crippen LogP contribution in [0.2, 0.25) is 10.0 Å². The fourth-order valence-corrected chi connectivity index (χ4v) is 6.33. The fraction of sp³-hybridized carbons (Fsp3) is 0.207. The topological polar surface area (TPSA) is 89.0 Å². The van der Waals surface area contributed by atoms with Gasteiger partial charge >= 0.3 is 5.91 Å². The maximum atomic E-state index is 13.6. The maximum absolute atomic E-state index is 13.6. The molecule has 0 radical (unpaired) electrons. The molecule has 1 saturated heterocycles. The van der Waals surface area contributed by atoms with E-state index >= 15 is 0 Å². The highest BCUT2D eigenvalue weighted by Crippen LogP contribution is 2.46. The zero-order valence-corrected chi connectivity index (χ0v) is 23.2. The number of fused-ring (bicyclic) bond motifs is 2. The quantitative estimate of drug-likeness (QED) is 0.156. The Morgan fingerprint density at radius 2 is 1.95 bits per heavy atom. The van der Waals surface area contributed by atoms with Gasteiger partial charge in [-0.3, -0.25) is 14.5 Å². The molecular formula is C29H22Cl2N2O5S. The van der Waals surface area contributed by atoms with E-state index in [2.05, 4.69) is 4.98 Å². The van der Waals surface area contributed by atoms with Crippen LogP contribution in [0.1, 0.15) is 36.6 Å². The van der Waals surface area contributed by atoms with Crippen LogP contribution in [-0.4, -0.2) is 34.5 Å². The Bertz CT molecular complexity index is 1700. The Morgan fingerprint density at radius 3 is 2.72 bits per heavy atom. The number of anilines is 1. The summed E-state index contributed by atoms with van der Waals surface area (Å²) in [6, 6.07) is 14.6. The molecule has 198 valence electrons.